The number of ketones is 1. The van der Waals surface area contributed by atoms with E-state index in [1.54, 1.807) is 43.4 Å². The smallest absolute Gasteiger partial charge is 0.312 e. The van der Waals surface area contributed by atoms with Crippen LogP contribution in [0.4, 0.5) is 27.5 Å². The van der Waals surface area contributed by atoms with E-state index in [0.717, 1.165) is 10.6 Å². The molecule has 4 aliphatic rings. The van der Waals surface area contributed by atoms with Crippen molar-refractivity contribution in [2.24, 2.45) is 53.1 Å². The van der Waals surface area contributed by atoms with Gasteiger partial charge < -0.3 is 65.5 Å². The molecular formula is C80H104N9O17+. The number of phenols is 1. The number of allylic oxidation sites excluding steroid dienone is 3. The zero-order valence-corrected chi connectivity index (χ0v) is 63.5. The minimum absolute atomic E-state index is 0.0122. The summed E-state index contributed by atoms with van der Waals surface area (Å²) in [5.74, 6) is -7.36. The molecule has 26 heteroatoms. The molecule has 1 unspecified atom stereocenters. The molecule has 11 atom stereocenters. The van der Waals surface area contributed by atoms with Crippen LogP contribution in [0.25, 0.3) is 38.7 Å². The molecule has 0 radical (unpaired) electrons. The minimum atomic E-state index is -1.99. The van der Waals surface area contributed by atoms with Crippen LogP contribution in [0.3, 0.4) is 0 Å². The van der Waals surface area contributed by atoms with Crippen LogP contribution in [0.5, 0.6) is 11.5 Å². The van der Waals surface area contributed by atoms with Gasteiger partial charge in [-0.3, -0.25) is 52.5 Å². The van der Waals surface area contributed by atoms with Gasteiger partial charge in [0.2, 0.25) is 22.7 Å². The number of aliphatic hydroxyl groups is 1. The number of anilines is 3. The number of aliphatic hydroxyl groups excluding tert-OH is 1. The number of fused-ring (bicyclic) bond motifs is 2. The fourth-order valence-electron chi connectivity index (χ4n) is 15.2. The fraction of sp³-hybridized carbons (Fsp3) is 0.512. The summed E-state index contributed by atoms with van der Waals surface area (Å²) < 4.78 is 31.9. The maximum Gasteiger partial charge on any atom is 0.312 e. The predicted molar refractivity (Wildman–Crippen MR) is 406 cm³/mol. The SMILES string of the molecule is CO[C@H]1/C=C/O[C@@]2(C)Oc3c(C)c(O)c4c(=O)c(c5oc6cc(N7CCC([N+](C)(C)c8ccc(NC(=O)[C@H](CCCNC(N)=O)CC(=O)[C@@H](NC(=O)CCCCCN9C(=O)C=CC9=O)C(C)C)cc8)CC7)cc(=O)c6nc5c4c3=C2O)NC(=O)/C(C)=C\C=C\[C@H](C)C(C)[C@@H](C)[C@@H](C)[C@@H](C)[C@H](OC(C)=O)[C@@H]1C. The zero-order chi connectivity index (χ0) is 77.5. The Morgan fingerprint density at radius 2 is 1.52 bits per heavy atom. The normalized spacial score (nSPS) is 24.4. The Labute approximate surface area is 617 Å². The van der Waals surface area contributed by atoms with Crippen molar-refractivity contribution < 1.29 is 71.9 Å². The summed E-state index contributed by atoms with van der Waals surface area (Å²) >= 11 is 0. The third kappa shape index (κ3) is 17.4. The number of urea groups is 1. The number of aromatic hydroxyl groups is 1. The number of carbonyl (C=O) groups excluding carboxylic acids is 8. The molecule has 1 aromatic heterocycles. The average molecular weight is 1460 g/mol. The second-order valence-electron chi connectivity index (χ2n) is 30.1. The fourth-order valence-corrected chi connectivity index (χ4v) is 15.2. The summed E-state index contributed by atoms with van der Waals surface area (Å²) in [6.45, 7) is 23.5. The molecule has 570 valence electrons. The number of nitrogens with two attached hydrogens (primary N) is 1. The van der Waals surface area contributed by atoms with Crippen molar-refractivity contribution in [2.75, 3.05) is 62.9 Å². The zero-order valence-electron chi connectivity index (χ0n) is 63.5. The van der Waals surface area contributed by atoms with Gasteiger partial charge >= 0.3 is 17.8 Å². The third-order valence-corrected chi connectivity index (χ3v) is 22.5. The summed E-state index contributed by atoms with van der Waals surface area (Å²) in [5.41, 5.74) is 5.18. The van der Waals surface area contributed by atoms with E-state index in [9.17, 15) is 53.4 Å². The molecule has 0 aliphatic carbocycles. The van der Waals surface area contributed by atoms with Crippen LogP contribution >= 0.6 is 0 Å². The summed E-state index contributed by atoms with van der Waals surface area (Å²) in [4.78, 5) is 142. The number of hydrogen-bond donors (Lipinski definition) is 7. The van der Waals surface area contributed by atoms with E-state index in [-0.39, 0.29) is 158 Å². The lowest BCUT2D eigenvalue weighted by atomic mass is 9.70. The molecule has 5 heterocycles. The molecule has 8 N–H and O–H groups in total. The van der Waals surface area contributed by atoms with Gasteiger partial charge in [-0.25, -0.2) is 9.78 Å². The summed E-state index contributed by atoms with van der Waals surface area (Å²) in [6.07, 6.45) is 13.0. The Kier molecular flexibility index (Phi) is 25.5. The first-order valence-corrected chi connectivity index (χ1v) is 36.7. The second kappa shape index (κ2) is 33.7. The number of quaternary nitrogens is 1. The number of ether oxygens (including phenoxy) is 4. The van der Waals surface area contributed by atoms with Gasteiger partial charge in [-0.05, 0) is 93.2 Å². The monoisotopic (exact) mass is 1460 g/mol. The van der Waals surface area contributed by atoms with Gasteiger partial charge in [0.25, 0.3) is 17.7 Å². The number of carbonyl (C=O) groups is 8. The molecular weight excluding hydrogens is 1360 g/mol. The highest BCUT2D eigenvalue weighted by molar-refractivity contribution is 6.17. The molecule has 1 saturated heterocycles. The van der Waals surface area contributed by atoms with Crippen molar-refractivity contribution in [3.8, 4) is 11.5 Å². The number of phenolic OH excluding ortho intramolecular Hbond substituents is 1. The lowest BCUT2D eigenvalue weighted by Gasteiger charge is -2.43. The number of nitrogens with zero attached hydrogens (tertiary/aromatic N) is 4. The number of methoxy groups -OCH3 is 1. The highest BCUT2D eigenvalue weighted by Crippen LogP contribution is 2.44. The number of piperidine rings is 1. The van der Waals surface area contributed by atoms with Crippen LogP contribution in [-0.4, -0.2) is 145 Å². The molecule has 9 rings (SSSR count). The number of rotatable bonds is 22. The second-order valence-corrected chi connectivity index (χ2v) is 30.1. The van der Waals surface area contributed by atoms with Crippen molar-refractivity contribution in [2.45, 2.75) is 171 Å². The predicted octanol–water partition coefficient (Wildman–Crippen LogP) is 9.94. The van der Waals surface area contributed by atoms with Crippen LogP contribution in [0.2, 0.25) is 0 Å². The molecule has 1 fully saturated rings. The first-order chi connectivity index (χ1) is 50.1. The molecule has 0 saturated carbocycles. The summed E-state index contributed by atoms with van der Waals surface area (Å²) in [7, 11) is 5.72. The Bertz CT molecular complexity index is 4520. The Morgan fingerprint density at radius 3 is 2.16 bits per heavy atom. The molecule has 0 spiro atoms. The first kappa shape index (κ1) is 80.2. The highest BCUT2D eigenvalue weighted by atomic mass is 16.7. The molecule has 4 aliphatic heterocycles. The van der Waals surface area contributed by atoms with Gasteiger partial charge in [0.1, 0.15) is 34.5 Å². The molecule has 26 nitrogen and oxygen atoms in total. The number of primary amides is 1. The lowest BCUT2D eigenvalue weighted by molar-refractivity contribution is -0.157. The lowest BCUT2D eigenvalue weighted by Crippen LogP contribution is -2.54. The number of imide groups is 1. The molecule has 7 amide bonds. The van der Waals surface area contributed by atoms with Crippen LogP contribution in [0.1, 0.15) is 140 Å². The molecule has 4 aromatic carbocycles. The van der Waals surface area contributed by atoms with E-state index >= 15 is 4.79 Å². The van der Waals surface area contributed by atoms with Crippen LogP contribution < -0.4 is 57.2 Å². The third-order valence-electron chi connectivity index (χ3n) is 22.5. The van der Waals surface area contributed by atoms with Crippen LogP contribution in [0, 0.1) is 54.3 Å². The Morgan fingerprint density at radius 1 is 0.849 bits per heavy atom. The number of unbranched alkanes of at least 4 members (excludes halogenated alkanes) is 2. The van der Waals surface area contributed by atoms with Gasteiger partial charge in [0, 0.05) is 149 Å². The first-order valence-electron chi connectivity index (χ1n) is 36.7. The van der Waals surface area contributed by atoms with Gasteiger partial charge in [0.05, 0.1) is 49.1 Å². The van der Waals surface area contributed by atoms with Gasteiger partial charge in [-0.2, -0.15) is 0 Å². The van der Waals surface area contributed by atoms with Crippen LogP contribution in [-0.2, 0) is 47.8 Å². The van der Waals surface area contributed by atoms with E-state index in [4.69, 9.17) is 34.1 Å². The van der Waals surface area contributed by atoms with E-state index in [0.29, 0.717) is 67.5 Å². The number of hydrogen-bond acceptors (Lipinski definition) is 19. The van der Waals surface area contributed by atoms with Crippen LogP contribution in [0.15, 0.2) is 98.7 Å². The van der Waals surface area contributed by atoms with Gasteiger partial charge in [-0.15, -0.1) is 0 Å². The number of aromatic nitrogens is 1. The van der Waals surface area contributed by atoms with Crippen molar-refractivity contribution in [3.63, 3.8) is 0 Å². The minimum Gasteiger partial charge on any atom is -0.507 e. The highest BCUT2D eigenvalue weighted by Gasteiger charge is 2.45. The number of amides is 7. The quantitative estimate of drug-likeness (QED) is 0.00845. The summed E-state index contributed by atoms with van der Waals surface area (Å²) in [5, 5.41) is 35.2. The van der Waals surface area contributed by atoms with E-state index in [2.05, 4.69) is 74.9 Å². The molecule has 4 bridgehead atoms. The maximum atomic E-state index is 15.3. The van der Waals surface area contributed by atoms with E-state index in [1.807, 2.05) is 39.0 Å². The van der Waals surface area contributed by atoms with Crippen molar-refractivity contribution in [1.29, 1.82) is 0 Å². The molecule has 106 heavy (non-hydrogen) atoms. The largest absolute Gasteiger partial charge is 0.507 e. The number of benzene rings is 4. The Hall–Kier alpha value is -9.95. The average Bonchev–Trinajstić information content (AvgIpc) is 1.35. The van der Waals surface area contributed by atoms with Crippen molar-refractivity contribution in [1.82, 2.24) is 25.0 Å². The standard InChI is InChI=1S/C80H103N9O17/c1-42(2)67(84-61(93)24-17-16-18-35-88-62(94)29-30-63(88)95)57(91)39-52(23-20-34-82-79(81)101)78(100)83-53-25-27-55(28-26-53)89(13,14)56-31-36-87(37-32-56)54-40-58(92)68-60(41-54)105-75-69(85-68)64-65-71(96)50(10)74-66(64)76(98)80(12,106-74)103-38-33-59(102-15)49(9)73(104-51(11)90)48(8)47(7)46(6)45(5)43(3)21-19-22-44(4)77(99)86-70(75)72(65)97/h19,21-22,25-30,33,38,40-43,45-49,52,56,59,67,73H,16-18,20,23-24,31-32,34-37,39H2,1-15H3,(H7-,81,82,83,84,85,86,92,93,94,95,96,97,98,99,100,101)/p+1/b21-19+,38-33+,44-22-/t43-,45?,46+,47+,48+,49+,52+,59-,67-,73-,80-/m0/s1. The maximum absolute atomic E-state index is 15.3. The molecule has 5 aromatic rings. The summed E-state index contributed by atoms with van der Waals surface area (Å²) in [6, 6.07) is 9.07. The Balaban J connectivity index is 0.963. The number of esters is 1. The number of Topliss-reactive ketones (excluding diaryl/α,β-unsaturated/α-hetero) is 1. The van der Waals surface area contributed by atoms with E-state index < -0.39 is 82.1 Å². The van der Waals surface area contributed by atoms with Gasteiger partial charge in [-0.1, -0.05) is 80.0 Å². The van der Waals surface area contributed by atoms with Gasteiger partial charge in [0.15, 0.2) is 28.2 Å². The van der Waals surface area contributed by atoms with Crippen molar-refractivity contribution >= 4 is 109 Å². The van der Waals surface area contributed by atoms with E-state index in [1.165, 1.54) is 52.4 Å². The topological polar surface area (TPSA) is 355 Å². The van der Waals surface area contributed by atoms with Crippen molar-refractivity contribution in [3.05, 3.63) is 116 Å². The number of nitrogens with one attached hydrogen (secondary N) is 4.